The zero-order valence-electron chi connectivity index (χ0n) is 12.9. The van der Waals surface area contributed by atoms with Crippen LogP contribution in [-0.4, -0.2) is 47.8 Å². The van der Waals surface area contributed by atoms with Crippen LogP contribution in [0, 0.1) is 0 Å². The first-order chi connectivity index (χ1) is 10.1. The van der Waals surface area contributed by atoms with E-state index < -0.39 is 0 Å². The van der Waals surface area contributed by atoms with E-state index in [4.69, 9.17) is 0 Å². The molecule has 21 heavy (non-hydrogen) atoms. The van der Waals surface area contributed by atoms with Gasteiger partial charge in [-0.05, 0) is 17.9 Å². The van der Waals surface area contributed by atoms with Gasteiger partial charge in [-0.2, -0.15) is 0 Å². The van der Waals surface area contributed by atoms with Gasteiger partial charge < -0.3 is 9.80 Å². The lowest BCUT2D eigenvalue weighted by Gasteiger charge is -2.23. The summed E-state index contributed by atoms with van der Waals surface area (Å²) in [5, 5.41) is 0. The van der Waals surface area contributed by atoms with E-state index >= 15 is 0 Å². The molecule has 2 rings (SSSR count). The maximum atomic E-state index is 12.4. The summed E-state index contributed by atoms with van der Waals surface area (Å²) < 4.78 is 0. The molecule has 1 aliphatic rings. The van der Waals surface area contributed by atoms with E-state index in [2.05, 4.69) is 19.1 Å². The summed E-state index contributed by atoms with van der Waals surface area (Å²) in [6, 6.07) is 10.1. The highest BCUT2D eigenvalue weighted by molar-refractivity contribution is 5.77. The second-order valence-electron chi connectivity index (χ2n) is 5.76. The lowest BCUT2D eigenvalue weighted by atomic mass is 9.97. The second-order valence-corrected chi connectivity index (χ2v) is 5.76. The Hall–Kier alpha value is -1.84. The Morgan fingerprint density at radius 3 is 2.33 bits per heavy atom. The zero-order chi connectivity index (χ0) is 15.2. The Balaban J connectivity index is 1.90. The highest BCUT2D eigenvalue weighted by Crippen LogP contribution is 2.20. The molecular formula is C17H24N2O2. The van der Waals surface area contributed by atoms with E-state index in [-0.39, 0.29) is 17.7 Å². The van der Waals surface area contributed by atoms with Gasteiger partial charge in [0.15, 0.2) is 0 Å². The number of carbonyl (C=O) groups excluding carboxylic acids is 2. The van der Waals surface area contributed by atoms with Crippen LogP contribution >= 0.6 is 0 Å². The predicted octanol–water partition coefficient (Wildman–Crippen LogP) is 2.26. The zero-order valence-corrected chi connectivity index (χ0v) is 12.9. The number of benzene rings is 1. The van der Waals surface area contributed by atoms with Crippen molar-refractivity contribution >= 4 is 11.8 Å². The number of hydrogen-bond donors (Lipinski definition) is 0. The normalized spacial score (nSPS) is 17.2. The predicted molar refractivity (Wildman–Crippen MR) is 82.9 cm³/mol. The Kier molecular flexibility index (Phi) is 5.37. The molecule has 0 radical (unpaired) electrons. The summed E-state index contributed by atoms with van der Waals surface area (Å²) >= 11 is 0. The third kappa shape index (κ3) is 4.31. The van der Waals surface area contributed by atoms with Gasteiger partial charge in [0.2, 0.25) is 11.8 Å². The molecule has 0 spiro atoms. The van der Waals surface area contributed by atoms with Gasteiger partial charge in [-0.3, -0.25) is 9.59 Å². The summed E-state index contributed by atoms with van der Waals surface area (Å²) in [5.74, 6) is 0.518. The van der Waals surface area contributed by atoms with Crippen LogP contribution in [0.4, 0.5) is 0 Å². The van der Waals surface area contributed by atoms with Crippen LogP contribution in [0.15, 0.2) is 30.3 Å². The Bertz CT molecular complexity index is 487. The van der Waals surface area contributed by atoms with Crippen molar-refractivity contribution in [1.29, 1.82) is 0 Å². The average molecular weight is 288 g/mol. The van der Waals surface area contributed by atoms with Crippen molar-refractivity contribution in [1.82, 2.24) is 9.80 Å². The SMILES string of the molecule is CC(=O)N1CCCN(C(=O)CC(C)c2ccccc2)CC1. The first-order valence-electron chi connectivity index (χ1n) is 7.66. The molecule has 1 atom stereocenters. The van der Waals surface area contributed by atoms with E-state index in [1.54, 1.807) is 6.92 Å². The molecule has 1 fully saturated rings. The molecule has 4 heteroatoms. The first-order valence-corrected chi connectivity index (χ1v) is 7.66. The topological polar surface area (TPSA) is 40.6 Å². The van der Waals surface area contributed by atoms with Gasteiger partial charge >= 0.3 is 0 Å². The fourth-order valence-corrected chi connectivity index (χ4v) is 2.77. The number of nitrogens with zero attached hydrogens (tertiary/aromatic N) is 2. The molecule has 1 unspecified atom stereocenters. The minimum atomic E-state index is 0.0990. The van der Waals surface area contributed by atoms with E-state index in [0.29, 0.717) is 19.5 Å². The van der Waals surface area contributed by atoms with Gasteiger partial charge in [0.1, 0.15) is 0 Å². The lowest BCUT2D eigenvalue weighted by molar-refractivity contribution is -0.132. The van der Waals surface area contributed by atoms with Crippen LogP contribution in [0.1, 0.15) is 38.2 Å². The summed E-state index contributed by atoms with van der Waals surface area (Å²) in [4.78, 5) is 27.6. The highest BCUT2D eigenvalue weighted by atomic mass is 16.2. The van der Waals surface area contributed by atoms with Gasteiger partial charge in [-0.15, -0.1) is 0 Å². The number of amides is 2. The number of hydrogen-bond acceptors (Lipinski definition) is 2. The fraction of sp³-hybridized carbons (Fsp3) is 0.529. The second kappa shape index (κ2) is 7.25. The van der Waals surface area contributed by atoms with E-state index in [9.17, 15) is 9.59 Å². The van der Waals surface area contributed by atoms with Gasteiger partial charge in [0.25, 0.3) is 0 Å². The summed E-state index contributed by atoms with van der Waals surface area (Å²) in [7, 11) is 0. The molecule has 1 aromatic rings. The molecule has 4 nitrogen and oxygen atoms in total. The third-order valence-electron chi connectivity index (χ3n) is 4.14. The van der Waals surface area contributed by atoms with Crippen LogP contribution in [0.5, 0.6) is 0 Å². The van der Waals surface area contributed by atoms with Crippen molar-refractivity contribution in [2.45, 2.75) is 32.6 Å². The highest BCUT2D eigenvalue weighted by Gasteiger charge is 2.21. The first kappa shape index (κ1) is 15.5. The van der Waals surface area contributed by atoms with Gasteiger partial charge in [0.05, 0.1) is 0 Å². The van der Waals surface area contributed by atoms with Crippen molar-refractivity contribution in [3.8, 4) is 0 Å². The molecule has 1 aliphatic heterocycles. The minimum Gasteiger partial charge on any atom is -0.341 e. The maximum absolute atomic E-state index is 12.4. The molecule has 0 aliphatic carbocycles. The monoisotopic (exact) mass is 288 g/mol. The summed E-state index contributed by atoms with van der Waals surface area (Å²) in [6.45, 7) is 6.50. The Morgan fingerprint density at radius 2 is 1.67 bits per heavy atom. The van der Waals surface area contributed by atoms with Crippen LogP contribution in [0.2, 0.25) is 0 Å². The van der Waals surface area contributed by atoms with Crippen molar-refractivity contribution < 1.29 is 9.59 Å². The Labute approximate surface area is 126 Å². The van der Waals surface area contributed by atoms with Crippen LogP contribution < -0.4 is 0 Å². The van der Waals surface area contributed by atoms with Crippen LogP contribution in [0.3, 0.4) is 0 Å². The van der Waals surface area contributed by atoms with Gasteiger partial charge in [-0.1, -0.05) is 37.3 Å². The van der Waals surface area contributed by atoms with Gasteiger partial charge in [-0.25, -0.2) is 0 Å². The van der Waals surface area contributed by atoms with Crippen molar-refractivity contribution in [3.63, 3.8) is 0 Å². The molecule has 0 aromatic heterocycles. The smallest absolute Gasteiger partial charge is 0.223 e. The minimum absolute atomic E-state index is 0.0990. The molecule has 0 saturated carbocycles. The standard InChI is InChI=1S/C17H24N2O2/c1-14(16-7-4-3-5-8-16)13-17(21)19-10-6-9-18(11-12-19)15(2)20/h3-5,7-8,14H,6,9-13H2,1-2H3. The average Bonchev–Trinajstić information content (AvgIpc) is 2.74. The third-order valence-corrected chi connectivity index (χ3v) is 4.14. The molecule has 0 bridgehead atoms. The molecular weight excluding hydrogens is 264 g/mol. The van der Waals surface area contributed by atoms with E-state index in [1.807, 2.05) is 28.0 Å². The molecule has 1 aromatic carbocycles. The molecule has 1 saturated heterocycles. The summed E-state index contributed by atoms with van der Waals surface area (Å²) in [5.41, 5.74) is 1.20. The summed E-state index contributed by atoms with van der Waals surface area (Å²) in [6.07, 6.45) is 1.40. The van der Waals surface area contributed by atoms with Crippen molar-refractivity contribution in [2.75, 3.05) is 26.2 Å². The number of carbonyl (C=O) groups is 2. The van der Waals surface area contributed by atoms with Crippen LogP contribution in [-0.2, 0) is 9.59 Å². The molecule has 2 amide bonds. The number of rotatable bonds is 3. The Morgan fingerprint density at radius 1 is 1.05 bits per heavy atom. The van der Waals surface area contributed by atoms with Crippen molar-refractivity contribution in [2.24, 2.45) is 0 Å². The molecule has 114 valence electrons. The maximum Gasteiger partial charge on any atom is 0.223 e. The molecule has 1 heterocycles. The quantitative estimate of drug-likeness (QED) is 0.856. The fourth-order valence-electron chi connectivity index (χ4n) is 2.77. The lowest BCUT2D eigenvalue weighted by Crippen LogP contribution is -2.36. The van der Waals surface area contributed by atoms with Crippen LogP contribution in [0.25, 0.3) is 0 Å². The molecule has 0 N–H and O–H groups in total. The van der Waals surface area contributed by atoms with Crippen molar-refractivity contribution in [3.05, 3.63) is 35.9 Å². The largest absolute Gasteiger partial charge is 0.341 e. The van der Waals surface area contributed by atoms with E-state index in [0.717, 1.165) is 19.5 Å². The van der Waals surface area contributed by atoms with Gasteiger partial charge in [0, 0.05) is 39.5 Å². The van der Waals surface area contributed by atoms with E-state index in [1.165, 1.54) is 5.56 Å².